The van der Waals surface area contributed by atoms with Crippen molar-refractivity contribution >= 4 is 5.97 Å². The summed E-state index contributed by atoms with van der Waals surface area (Å²) in [5, 5.41) is 9.22. The van der Waals surface area contributed by atoms with Crippen molar-refractivity contribution in [2.75, 3.05) is 7.11 Å². The Morgan fingerprint density at radius 3 is 2.53 bits per heavy atom. The van der Waals surface area contributed by atoms with E-state index in [4.69, 9.17) is 9.47 Å². The Hall–Kier alpha value is -1.71. The lowest BCUT2D eigenvalue weighted by atomic mass is 9.89. The highest BCUT2D eigenvalue weighted by molar-refractivity contribution is 5.92. The minimum atomic E-state index is -0.988. The molecule has 0 atom stereocenters. The molecule has 0 saturated heterocycles. The molecule has 2 rings (SSSR count). The maximum absolute atomic E-state index is 11.2. The van der Waals surface area contributed by atoms with E-state index in [-0.39, 0.29) is 11.7 Å². The zero-order valence-electron chi connectivity index (χ0n) is 11.4. The number of benzene rings is 1. The fourth-order valence-corrected chi connectivity index (χ4v) is 2.48. The van der Waals surface area contributed by atoms with Crippen LogP contribution in [0.15, 0.2) is 18.2 Å². The molecule has 0 heterocycles. The normalized spacial score (nSPS) is 22.8. The lowest BCUT2D eigenvalue weighted by Gasteiger charge is -2.27. The van der Waals surface area contributed by atoms with Crippen molar-refractivity contribution in [1.29, 1.82) is 0 Å². The molecule has 1 aromatic carbocycles. The van der Waals surface area contributed by atoms with Gasteiger partial charge < -0.3 is 14.6 Å². The molecule has 1 aromatic rings. The Labute approximate surface area is 113 Å². The molecule has 1 fully saturated rings. The number of aromatic carboxylic acids is 1. The molecule has 1 N–H and O–H groups in total. The van der Waals surface area contributed by atoms with Crippen molar-refractivity contribution in [2.24, 2.45) is 5.92 Å². The van der Waals surface area contributed by atoms with Crippen LogP contribution in [-0.4, -0.2) is 24.3 Å². The largest absolute Gasteiger partial charge is 0.493 e. The topological polar surface area (TPSA) is 55.8 Å². The van der Waals surface area contributed by atoms with E-state index in [9.17, 15) is 9.90 Å². The Kier molecular flexibility index (Phi) is 4.30. The van der Waals surface area contributed by atoms with Crippen molar-refractivity contribution < 1.29 is 19.4 Å². The standard InChI is InChI=1S/C15H20O4/c1-10-6-8-11(9-7-10)19-14-12(15(16)17)4-3-5-13(14)18-2/h3-5,10-11H,6-9H2,1-2H3,(H,16,17). The highest BCUT2D eigenvalue weighted by Gasteiger charge is 2.23. The Morgan fingerprint density at radius 2 is 1.95 bits per heavy atom. The summed E-state index contributed by atoms with van der Waals surface area (Å²) in [4.78, 5) is 11.2. The van der Waals surface area contributed by atoms with E-state index in [1.807, 2.05) is 0 Å². The van der Waals surface area contributed by atoms with E-state index < -0.39 is 5.97 Å². The Morgan fingerprint density at radius 1 is 1.26 bits per heavy atom. The third-order valence-electron chi connectivity index (χ3n) is 3.68. The van der Waals surface area contributed by atoms with Crippen LogP contribution >= 0.6 is 0 Å². The van der Waals surface area contributed by atoms with Gasteiger partial charge in [0.25, 0.3) is 0 Å². The Balaban J connectivity index is 2.20. The fraction of sp³-hybridized carbons (Fsp3) is 0.533. The molecule has 0 aromatic heterocycles. The second-order valence-electron chi connectivity index (χ2n) is 5.14. The van der Waals surface area contributed by atoms with Gasteiger partial charge in [0.15, 0.2) is 11.5 Å². The molecule has 4 heteroatoms. The molecule has 1 saturated carbocycles. The molecule has 0 amide bonds. The van der Waals surface area contributed by atoms with Gasteiger partial charge in [-0.1, -0.05) is 13.0 Å². The van der Waals surface area contributed by atoms with Gasteiger partial charge in [-0.25, -0.2) is 4.79 Å². The molecule has 104 valence electrons. The summed E-state index contributed by atoms with van der Waals surface area (Å²) in [6, 6.07) is 4.94. The minimum absolute atomic E-state index is 0.0885. The molecule has 0 unspecified atom stereocenters. The molecular weight excluding hydrogens is 244 g/mol. The van der Waals surface area contributed by atoms with Crippen molar-refractivity contribution in [3.05, 3.63) is 23.8 Å². The van der Waals surface area contributed by atoms with Crippen molar-refractivity contribution in [3.8, 4) is 11.5 Å². The van der Waals surface area contributed by atoms with Gasteiger partial charge in [0.05, 0.1) is 13.2 Å². The summed E-state index contributed by atoms with van der Waals surface area (Å²) in [6.45, 7) is 2.24. The number of hydrogen-bond donors (Lipinski definition) is 1. The molecule has 0 radical (unpaired) electrons. The molecule has 1 aliphatic carbocycles. The van der Waals surface area contributed by atoms with E-state index in [1.54, 1.807) is 18.2 Å². The van der Waals surface area contributed by atoms with Gasteiger partial charge >= 0.3 is 5.97 Å². The number of carboxylic acids is 1. The molecule has 19 heavy (non-hydrogen) atoms. The van der Waals surface area contributed by atoms with Crippen LogP contribution in [0.25, 0.3) is 0 Å². The quantitative estimate of drug-likeness (QED) is 0.906. The predicted molar refractivity (Wildman–Crippen MR) is 72.0 cm³/mol. The maximum atomic E-state index is 11.2. The molecule has 4 nitrogen and oxygen atoms in total. The lowest BCUT2D eigenvalue weighted by Crippen LogP contribution is -2.24. The molecule has 0 bridgehead atoms. The summed E-state index contributed by atoms with van der Waals surface area (Å²) in [7, 11) is 1.52. The van der Waals surface area contributed by atoms with E-state index in [1.165, 1.54) is 7.11 Å². The van der Waals surface area contributed by atoms with Crippen LogP contribution in [0.5, 0.6) is 11.5 Å². The first-order valence-corrected chi connectivity index (χ1v) is 6.68. The summed E-state index contributed by atoms with van der Waals surface area (Å²) in [5.74, 6) is 0.588. The number of carboxylic acid groups (broad SMARTS) is 1. The Bertz CT molecular complexity index is 447. The summed E-state index contributed by atoms with van der Waals surface area (Å²) >= 11 is 0. The number of hydrogen-bond acceptors (Lipinski definition) is 3. The third-order valence-corrected chi connectivity index (χ3v) is 3.68. The average Bonchev–Trinajstić information content (AvgIpc) is 2.41. The highest BCUT2D eigenvalue weighted by Crippen LogP contribution is 2.35. The fourth-order valence-electron chi connectivity index (χ4n) is 2.48. The number of rotatable bonds is 4. The second-order valence-corrected chi connectivity index (χ2v) is 5.14. The second kappa shape index (κ2) is 5.95. The highest BCUT2D eigenvalue weighted by atomic mass is 16.5. The van der Waals surface area contributed by atoms with Crippen molar-refractivity contribution in [1.82, 2.24) is 0 Å². The van der Waals surface area contributed by atoms with Crippen LogP contribution in [0, 0.1) is 5.92 Å². The van der Waals surface area contributed by atoms with Gasteiger partial charge in [0, 0.05) is 0 Å². The average molecular weight is 264 g/mol. The number of carbonyl (C=O) groups is 1. The third kappa shape index (κ3) is 3.19. The van der Waals surface area contributed by atoms with Gasteiger partial charge in [-0.2, -0.15) is 0 Å². The van der Waals surface area contributed by atoms with E-state index >= 15 is 0 Å². The van der Waals surface area contributed by atoms with E-state index in [0.717, 1.165) is 31.6 Å². The van der Waals surface area contributed by atoms with Crippen LogP contribution < -0.4 is 9.47 Å². The first kappa shape index (κ1) is 13.7. The van der Waals surface area contributed by atoms with E-state index in [0.29, 0.717) is 11.5 Å². The zero-order valence-corrected chi connectivity index (χ0v) is 11.4. The molecule has 0 spiro atoms. The number of methoxy groups -OCH3 is 1. The zero-order chi connectivity index (χ0) is 13.8. The van der Waals surface area contributed by atoms with Crippen LogP contribution in [-0.2, 0) is 0 Å². The smallest absolute Gasteiger partial charge is 0.339 e. The SMILES string of the molecule is COc1cccc(C(=O)O)c1OC1CCC(C)CC1. The van der Waals surface area contributed by atoms with Crippen molar-refractivity contribution in [2.45, 2.75) is 38.7 Å². The summed E-state index contributed by atoms with van der Waals surface area (Å²) in [5.41, 5.74) is 0.165. The van der Waals surface area contributed by atoms with Crippen LogP contribution in [0.4, 0.5) is 0 Å². The van der Waals surface area contributed by atoms with Crippen LogP contribution in [0.3, 0.4) is 0 Å². The number of para-hydroxylation sites is 1. The van der Waals surface area contributed by atoms with E-state index in [2.05, 4.69) is 6.92 Å². The van der Waals surface area contributed by atoms with Crippen LogP contribution in [0.1, 0.15) is 43.0 Å². The lowest BCUT2D eigenvalue weighted by molar-refractivity contribution is 0.0682. The molecular formula is C15H20O4. The number of ether oxygens (including phenoxy) is 2. The van der Waals surface area contributed by atoms with Gasteiger partial charge in [0.2, 0.25) is 0 Å². The summed E-state index contributed by atoms with van der Waals surface area (Å²) < 4.78 is 11.1. The van der Waals surface area contributed by atoms with Gasteiger partial charge in [0.1, 0.15) is 5.56 Å². The summed E-state index contributed by atoms with van der Waals surface area (Å²) in [6.07, 6.45) is 4.28. The molecule has 1 aliphatic rings. The predicted octanol–water partition coefficient (Wildman–Crippen LogP) is 3.35. The molecule has 0 aliphatic heterocycles. The van der Waals surface area contributed by atoms with Gasteiger partial charge in [-0.15, -0.1) is 0 Å². The van der Waals surface area contributed by atoms with Gasteiger partial charge in [-0.3, -0.25) is 0 Å². The first-order chi connectivity index (χ1) is 9.11. The maximum Gasteiger partial charge on any atom is 0.339 e. The van der Waals surface area contributed by atoms with Crippen molar-refractivity contribution in [3.63, 3.8) is 0 Å². The first-order valence-electron chi connectivity index (χ1n) is 6.68. The minimum Gasteiger partial charge on any atom is -0.493 e. The van der Waals surface area contributed by atoms with Crippen LogP contribution in [0.2, 0.25) is 0 Å². The van der Waals surface area contributed by atoms with Gasteiger partial charge in [-0.05, 0) is 43.7 Å². The monoisotopic (exact) mass is 264 g/mol.